The number of H-pyrrole nitrogens is 1. The van der Waals surface area contributed by atoms with Crippen molar-refractivity contribution in [3.8, 4) is 11.4 Å². The average molecular weight is 373 g/mol. The molecule has 4 aromatic rings. The molecule has 4 rings (SSSR count). The molecular weight excluding hydrogens is 348 g/mol. The quantitative estimate of drug-likeness (QED) is 0.582. The molecule has 1 aromatic carbocycles. The molecule has 0 fully saturated rings. The largest absolute Gasteiger partial charge is 0.496 e. The van der Waals surface area contributed by atoms with Gasteiger partial charge < -0.3 is 14.3 Å². The lowest BCUT2D eigenvalue weighted by molar-refractivity contribution is 0.410. The maximum atomic E-state index is 13.0. The number of hydrogen-bond donors (Lipinski definition) is 1. The number of methoxy groups -OCH3 is 1. The number of rotatable bonds is 5. The highest BCUT2D eigenvalue weighted by Crippen LogP contribution is 2.22. The van der Waals surface area contributed by atoms with Crippen LogP contribution in [-0.2, 0) is 16.6 Å². The predicted octanol–water partition coefficient (Wildman–Crippen LogP) is 3.37. The Hall–Kier alpha value is -2.93. The van der Waals surface area contributed by atoms with E-state index in [0.717, 1.165) is 10.1 Å². The van der Waals surface area contributed by atoms with Gasteiger partial charge in [0.05, 0.1) is 50.0 Å². The standard InChI is InChI=1S/C19H18N4O2S/c1-13-17(20-8-7-18(13)25-2)12-26(24)19-21-15-6-5-14(11-16(15)22-19)23-9-3-4-10-23/h3-11H,12H2,1-2H3,(H,21,22)/i3D,4D,5D,6D,9D,10D,11D. The Balaban J connectivity index is 1.84. The van der Waals surface area contributed by atoms with Gasteiger partial charge in [0, 0.05) is 29.8 Å². The van der Waals surface area contributed by atoms with Crippen molar-refractivity contribution in [2.45, 2.75) is 17.8 Å². The van der Waals surface area contributed by atoms with Crippen LogP contribution in [-0.4, -0.2) is 30.8 Å². The molecule has 0 radical (unpaired) electrons. The second-order valence-corrected chi connectivity index (χ2v) is 6.74. The highest BCUT2D eigenvalue weighted by Gasteiger charge is 2.15. The first-order valence-electron chi connectivity index (χ1n) is 11.1. The van der Waals surface area contributed by atoms with Gasteiger partial charge >= 0.3 is 0 Å². The van der Waals surface area contributed by atoms with E-state index in [1.54, 1.807) is 13.0 Å². The van der Waals surface area contributed by atoms with Gasteiger partial charge in [0.1, 0.15) is 5.75 Å². The van der Waals surface area contributed by atoms with E-state index in [2.05, 4.69) is 15.0 Å². The molecule has 3 aromatic heterocycles. The van der Waals surface area contributed by atoms with Crippen LogP contribution < -0.4 is 4.74 Å². The summed E-state index contributed by atoms with van der Waals surface area (Å²) in [4.78, 5) is 11.2. The fourth-order valence-corrected chi connectivity index (χ4v) is 3.53. The Bertz CT molecular complexity index is 1430. The van der Waals surface area contributed by atoms with Crippen LogP contribution in [0, 0.1) is 6.92 Å². The van der Waals surface area contributed by atoms with Crippen LogP contribution in [0.4, 0.5) is 0 Å². The molecule has 0 saturated heterocycles. The summed E-state index contributed by atoms with van der Waals surface area (Å²) < 4.78 is 75.9. The smallest absolute Gasteiger partial charge is 0.197 e. The minimum Gasteiger partial charge on any atom is -0.496 e. The summed E-state index contributed by atoms with van der Waals surface area (Å²) in [7, 11) is -0.203. The first kappa shape index (κ1) is 10.3. The zero-order valence-corrected chi connectivity index (χ0v) is 14.7. The molecule has 1 N–H and O–H groups in total. The van der Waals surface area contributed by atoms with Gasteiger partial charge in [-0.2, -0.15) is 0 Å². The minimum absolute atomic E-state index is 0.000145. The van der Waals surface area contributed by atoms with Gasteiger partial charge in [-0.3, -0.25) is 9.19 Å². The SMILES string of the molecule is [2H]c1c(-n2c([2H])c([2H])c([2H])c2[2H])c([2H])c2[nH]c(S(=O)Cc3nccc(OC)c3C)nc2c1[2H]. The van der Waals surface area contributed by atoms with E-state index in [9.17, 15) is 4.21 Å². The summed E-state index contributed by atoms with van der Waals surface area (Å²) in [5.41, 5.74) is 0.924. The zero-order chi connectivity index (χ0) is 24.2. The second kappa shape index (κ2) is 6.76. The third-order valence-corrected chi connectivity index (χ3v) is 4.97. The van der Waals surface area contributed by atoms with Crippen molar-refractivity contribution in [2.75, 3.05) is 7.11 Å². The van der Waals surface area contributed by atoms with Crippen molar-refractivity contribution in [1.29, 1.82) is 0 Å². The summed E-state index contributed by atoms with van der Waals surface area (Å²) in [5, 5.41) is -0.0142. The number of aromatic amines is 1. The molecule has 0 bridgehead atoms. The predicted molar refractivity (Wildman–Crippen MR) is 101 cm³/mol. The molecule has 1 atom stereocenters. The number of ether oxygens (including phenoxy) is 1. The van der Waals surface area contributed by atoms with Crippen molar-refractivity contribution < 1.29 is 18.5 Å². The highest BCUT2D eigenvalue weighted by molar-refractivity contribution is 7.84. The van der Waals surface area contributed by atoms with E-state index in [-0.39, 0.29) is 33.7 Å². The molecule has 6 nitrogen and oxygen atoms in total. The Morgan fingerprint density at radius 2 is 2.15 bits per heavy atom. The average Bonchev–Trinajstić information content (AvgIpc) is 3.32. The highest BCUT2D eigenvalue weighted by atomic mass is 32.2. The number of hydrogen-bond acceptors (Lipinski definition) is 4. The van der Waals surface area contributed by atoms with E-state index >= 15 is 0 Å². The van der Waals surface area contributed by atoms with Crippen LogP contribution in [0.2, 0.25) is 0 Å². The van der Waals surface area contributed by atoms with Gasteiger partial charge in [-0.15, -0.1) is 0 Å². The lowest BCUT2D eigenvalue weighted by Crippen LogP contribution is -2.03. The molecule has 132 valence electrons. The number of imidazole rings is 1. The molecule has 3 heterocycles. The van der Waals surface area contributed by atoms with E-state index < -0.39 is 47.3 Å². The van der Waals surface area contributed by atoms with E-state index in [1.807, 2.05) is 0 Å². The number of fused-ring (bicyclic) bond motifs is 1. The van der Waals surface area contributed by atoms with Crippen LogP contribution in [0.5, 0.6) is 5.75 Å². The number of aromatic nitrogens is 4. The van der Waals surface area contributed by atoms with Crippen LogP contribution in [0.25, 0.3) is 16.7 Å². The fraction of sp³-hybridized carbons (Fsp3) is 0.158. The van der Waals surface area contributed by atoms with Gasteiger partial charge in [0.2, 0.25) is 0 Å². The van der Waals surface area contributed by atoms with Gasteiger partial charge in [0.15, 0.2) is 5.16 Å². The first-order valence-corrected chi connectivity index (χ1v) is 8.92. The van der Waals surface area contributed by atoms with Crippen molar-refractivity contribution in [1.82, 2.24) is 19.5 Å². The monoisotopic (exact) mass is 373 g/mol. The third-order valence-electron chi connectivity index (χ3n) is 3.81. The van der Waals surface area contributed by atoms with Crippen LogP contribution >= 0.6 is 0 Å². The molecule has 0 saturated carbocycles. The summed E-state index contributed by atoms with van der Waals surface area (Å²) in [5.74, 6) is 0.596. The Labute approximate surface area is 163 Å². The maximum Gasteiger partial charge on any atom is 0.197 e. The van der Waals surface area contributed by atoms with Crippen LogP contribution in [0.3, 0.4) is 0 Å². The molecule has 0 spiro atoms. The number of pyridine rings is 1. The molecule has 7 heteroatoms. The first-order chi connectivity index (χ1) is 15.6. The Morgan fingerprint density at radius 1 is 1.35 bits per heavy atom. The Kier molecular flexibility index (Phi) is 2.67. The van der Waals surface area contributed by atoms with Gasteiger partial charge in [-0.05, 0) is 43.2 Å². The number of nitrogens with zero attached hydrogens (tertiary/aromatic N) is 3. The molecule has 1 unspecified atom stereocenters. The maximum absolute atomic E-state index is 13.0. The second-order valence-electron chi connectivity index (χ2n) is 5.37. The molecule has 0 aliphatic heterocycles. The molecular formula is C19H18N4O2S. The molecule has 26 heavy (non-hydrogen) atoms. The summed E-state index contributed by atoms with van der Waals surface area (Å²) >= 11 is 0. The molecule has 0 amide bonds. The van der Waals surface area contributed by atoms with Crippen LogP contribution in [0.1, 0.15) is 20.9 Å². The number of nitrogens with one attached hydrogen (secondary N) is 1. The van der Waals surface area contributed by atoms with Crippen LogP contribution in [0.15, 0.2) is 60.0 Å². The van der Waals surface area contributed by atoms with Crippen molar-refractivity contribution in [3.63, 3.8) is 0 Å². The minimum atomic E-state index is -1.72. The lowest BCUT2D eigenvalue weighted by atomic mass is 10.2. The normalized spacial score (nSPS) is 16.2. The van der Waals surface area contributed by atoms with Crippen molar-refractivity contribution in [3.05, 3.63) is 66.1 Å². The van der Waals surface area contributed by atoms with E-state index in [0.29, 0.717) is 11.4 Å². The van der Waals surface area contributed by atoms with Gasteiger partial charge in [-0.1, -0.05) is 0 Å². The van der Waals surface area contributed by atoms with E-state index in [1.165, 1.54) is 13.3 Å². The molecule has 0 aliphatic carbocycles. The molecule has 0 aliphatic rings. The zero-order valence-electron chi connectivity index (χ0n) is 20.9. The van der Waals surface area contributed by atoms with Gasteiger partial charge in [-0.25, -0.2) is 4.98 Å². The fourth-order valence-electron chi connectivity index (χ4n) is 2.45. The topological polar surface area (TPSA) is 72.8 Å². The lowest BCUT2D eigenvalue weighted by Gasteiger charge is -2.08. The summed E-state index contributed by atoms with van der Waals surface area (Å²) in [6.07, 6.45) is 0.469. The van der Waals surface area contributed by atoms with Gasteiger partial charge in [0.25, 0.3) is 0 Å². The summed E-state index contributed by atoms with van der Waals surface area (Å²) in [6, 6.07) is -0.577. The number of benzene rings is 1. The van der Waals surface area contributed by atoms with Crippen molar-refractivity contribution in [2.24, 2.45) is 0 Å². The third kappa shape index (κ3) is 3.01. The Morgan fingerprint density at radius 3 is 2.92 bits per heavy atom. The van der Waals surface area contributed by atoms with Crippen molar-refractivity contribution >= 4 is 21.8 Å². The van der Waals surface area contributed by atoms with E-state index in [4.69, 9.17) is 14.3 Å². The summed E-state index contributed by atoms with van der Waals surface area (Å²) in [6.45, 7) is 1.79.